The highest BCUT2D eigenvalue weighted by Crippen LogP contribution is 2.04. The average Bonchev–Trinajstić information content (AvgIpc) is 2.41. The van der Waals surface area contributed by atoms with Crippen LogP contribution in [0.2, 0.25) is 0 Å². The average molecular weight is 166 g/mol. The predicted molar refractivity (Wildman–Crippen MR) is 37.4 cm³/mol. The zero-order valence-electron chi connectivity index (χ0n) is 6.24. The Morgan fingerprint density at radius 1 is 1.50 bits per heavy atom. The van der Waals surface area contributed by atoms with Crippen LogP contribution < -0.4 is 5.49 Å². The van der Waals surface area contributed by atoms with Gasteiger partial charge >= 0.3 is 0 Å². The molecule has 0 saturated carbocycles. The van der Waals surface area contributed by atoms with E-state index in [0.717, 1.165) is 5.69 Å². The normalized spacial score (nSPS) is 10.8. The molecule has 0 atom stereocenters. The summed E-state index contributed by atoms with van der Waals surface area (Å²) in [6.07, 6.45) is 0. The third kappa shape index (κ3) is 0.698. The van der Waals surface area contributed by atoms with Gasteiger partial charge in [-0.15, -0.1) is 5.10 Å². The van der Waals surface area contributed by atoms with Crippen molar-refractivity contribution in [1.29, 1.82) is 5.41 Å². The Bertz CT molecular complexity index is 482. The third-order valence-corrected chi connectivity index (χ3v) is 1.57. The smallest absolute Gasteiger partial charge is 0.214 e. The Hall–Kier alpha value is -1.92. The van der Waals surface area contributed by atoms with Gasteiger partial charge in [-0.2, -0.15) is 5.10 Å². The van der Waals surface area contributed by atoms with Crippen LogP contribution in [0.15, 0.2) is 0 Å². The van der Waals surface area contributed by atoms with Crippen molar-refractivity contribution in [2.45, 2.75) is 6.92 Å². The molecule has 2 heterocycles. The van der Waals surface area contributed by atoms with Crippen molar-refractivity contribution < 1.29 is 5.21 Å². The molecule has 7 heteroatoms. The highest BCUT2D eigenvalue weighted by molar-refractivity contribution is 5.74. The molecule has 12 heavy (non-hydrogen) atoms. The van der Waals surface area contributed by atoms with E-state index in [1.54, 1.807) is 6.92 Å². The van der Waals surface area contributed by atoms with Crippen LogP contribution >= 0.6 is 0 Å². The van der Waals surface area contributed by atoms with Gasteiger partial charge in [-0.25, -0.2) is 0 Å². The maximum Gasteiger partial charge on any atom is 0.214 e. The summed E-state index contributed by atoms with van der Waals surface area (Å²) in [5, 5.41) is 29.7. The molecule has 3 N–H and O–H groups in total. The molecule has 0 aliphatic carbocycles. The Kier molecular flexibility index (Phi) is 1.15. The lowest BCUT2D eigenvalue weighted by Gasteiger charge is -1.92. The van der Waals surface area contributed by atoms with Gasteiger partial charge in [-0.3, -0.25) is 10.5 Å². The van der Waals surface area contributed by atoms with Gasteiger partial charge in [-0.1, -0.05) is 4.85 Å². The minimum absolute atomic E-state index is 0.177. The second-order valence-electron chi connectivity index (χ2n) is 2.37. The van der Waals surface area contributed by atoms with Crippen LogP contribution in [0.4, 0.5) is 0 Å². The minimum Gasteiger partial charge on any atom is -0.409 e. The first-order valence-electron chi connectivity index (χ1n) is 3.24. The van der Waals surface area contributed by atoms with Gasteiger partial charge in [-0.05, 0) is 12.1 Å². The summed E-state index contributed by atoms with van der Waals surface area (Å²) in [7, 11) is 0. The van der Waals surface area contributed by atoms with E-state index in [-0.39, 0.29) is 5.49 Å². The lowest BCUT2D eigenvalue weighted by Crippen LogP contribution is -2.22. The van der Waals surface area contributed by atoms with Crippen LogP contribution in [-0.4, -0.2) is 30.6 Å². The van der Waals surface area contributed by atoms with Crippen molar-refractivity contribution in [3.05, 3.63) is 11.2 Å². The zero-order chi connectivity index (χ0) is 8.72. The maximum atomic E-state index is 8.93. The summed E-state index contributed by atoms with van der Waals surface area (Å²) >= 11 is 0. The minimum atomic E-state index is -0.177. The van der Waals surface area contributed by atoms with Crippen LogP contribution in [0.3, 0.4) is 0 Å². The molecule has 0 aromatic carbocycles. The molecular formula is C5H6N6O. The number of nitrogens with one attached hydrogen (secondary N) is 2. The highest BCUT2D eigenvalue weighted by atomic mass is 16.5. The number of rotatable bonds is 0. The Labute approximate surface area is 66.1 Å². The number of aromatic amines is 1. The standard InChI is InChI=1S/C5H6N6O/c1-2-3-4(8-7-2)5(6)11(12)10-9-3/h6,12H,1H3,(H,7,8). The van der Waals surface area contributed by atoms with E-state index in [2.05, 4.69) is 20.5 Å². The Morgan fingerprint density at radius 3 is 3.00 bits per heavy atom. The molecule has 0 aliphatic rings. The summed E-state index contributed by atoms with van der Waals surface area (Å²) in [6.45, 7) is 1.77. The van der Waals surface area contributed by atoms with E-state index in [4.69, 9.17) is 10.6 Å². The first-order valence-corrected chi connectivity index (χ1v) is 3.24. The molecule has 0 spiro atoms. The number of hydrogen-bond acceptors (Lipinski definition) is 5. The fourth-order valence-corrected chi connectivity index (χ4v) is 0.937. The summed E-state index contributed by atoms with van der Waals surface area (Å²) in [4.78, 5) is 0.378. The van der Waals surface area contributed by atoms with Crippen LogP contribution in [-0.2, 0) is 0 Å². The number of hydrogen-bond donors (Lipinski definition) is 3. The van der Waals surface area contributed by atoms with Gasteiger partial charge in [0.25, 0.3) is 0 Å². The van der Waals surface area contributed by atoms with Gasteiger partial charge in [0, 0.05) is 0 Å². The predicted octanol–water partition coefficient (Wildman–Crippen LogP) is -0.820. The molecule has 0 bridgehead atoms. The maximum absolute atomic E-state index is 8.93. The summed E-state index contributed by atoms with van der Waals surface area (Å²) in [6, 6.07) is 0. The quantitative estimate of drug-likeness (QED) is 0.445. The number of aryl methyl sites for hydroxylation is 1. The fraction of sp³-hybridized carbons (Fsp3) is 0.200. The van der Waals surface area contributed by atoms with Crippen molar-refractivity contribution in [3.8, 4) is 0 Å². The lowest BCUT2D eigenvalue weighted by atomic mass is 10.4. The lowest BCUT2D eigenvalue weighted by molar-refractivity contribution is 0.123. The molecular weight excluding hydrogens is 160 g/mol. The van der Waals surface area contributed by atoms with Crippen LogP contribution in [0, 0.1) is 12.3 Å². The number of H-pyrrole nitrogens is 1. The van der Waals surface area contributed by atoms with Crippen molar-refractivity contribution in [3.63, 3.8) is 0 Å². The van der Waals surface area contributed by atoms with Crippen molar-refractivity contribution in [2.75, 3.05) is 0 Å². The Morgan fingerprint density at radius 2 is 2.25 bits per heavy atom. The molecule has 2 aromatic rings. The van der Waals surface area contributed by atoms with E-state index >= 15 is 0 Å². The highest BCUT2D eigenvalue weighted by Gasteiger charge is 2.06. The molecule has 2 rings (SSSR count). The fourth-order valence-electron chi connectivity index (χ4n) is 0.937. The third-order valence-electron chi connectivity index (χ3n) is 1.57. The molecule has 0 aliphatic heterocycles. The summed E-state index contributed by atoms with van der Waals surface area (Å²) in [5.41, 5.74) is 1.37. The van der Waals surface area contributed by atoms with E-state index in [1.165, 1.54) is 0 Å². The summed E-state index contributed by atoms with van der Waals surface area (Å²) < 4.78 is 0. The Balaban J connectivity index is 3.03. The molecule has 2 aromatic heterocycles. The molecule has 0 radical (unpaired) electrons. The SMILES string of the molecule is Cc1[nH]nc2c(=N)n(O)nnc12. The van der Waals surface area contributed by atoms with Gasteiger partial charge in [0.05, 0.1) is 5.69 Å². The molecule has 62 valence electrons. The molecule has 0 unspecified atom stereocenters. The molecule has 0 amide bonds. The van der Waals surface area contributed by atoms with Gasteiger partial charge in [0.2, 0.25) is 5.49 Å². The number of nitrogens with zero attached hydrogens (tertiary/aromatic N) is 4. The second-order valence-corrected chi connectivity index (χ2v) is 2.37. The van der Waals surface area contributed by atoms with Gasteiger partial charge in [0.15, 0.2) is 5.52 Å². The number of fused-ring (bicyclic) bond motifs is 1. The van der Waals surface area contributed by atoms with Crippen LogP contribution in [0.5, 0.6) is 0 Å². The molecule has 0 saturated heterocycles. The van der Waals surface area contributed by atoms with E-state index in [0.29, 0.717) is 15.9 Å². The van der Waals surface area contributed by atoms with Crippen molar-refractivity contribution >= 4 is 11.0 Å². The molecule has 0 fully saturated rings. The summed E-state index contributed by atoms with van der Waals surface area (Å²) in [5.74, 6) is 0. The molecule has 7 nitrogen and oxygen atoms in total. The largest absolute Gasteiger partial charge is 0.409 e. The topological polar surface area (TPSA) is 103 Å². The first kappa shape index (κ1) is 6.77. The zero-order valence-corrected chi connectivity index (χ0v) is 6.24. The van der Waals surface area contributed by atoms with E-state index in [1.807, 2.05) is 0 Å². The first-order chi connectivity index (χ1) is 5.70. The van der Waals surface area contributed by atoms with E-state index in [9.17, 15) is 0 Å². The van der Waals surface area contributed by atoms with Crippen LogP contribution in [0.1, 0.15) is 5.69 Å². The second kappa shape index (κ2) is 2.03. The van der Waals surface area contributed by atoms with Gasteiger partial charge < -0.3 is 5.21 Å². The van der Waals surface area contributed by atoms with Crippen molar-refractivity contribution in [2.24, 2.45) is 0 Å². The van der Waals surface area contributed by atoms with Crippen LogP contribution in [0.25, 0.3) is 11.0 Å². The van der Waals surface area contributed by atoms with Crippen molar-refractivity contribution in [1.82, 2.24) is 25.4 Å². The monoisotopic (exact) mass is 166 g/mol. The van der Waals surface area contributed by atoms with Gasteiger partial charge in [0.1, 0.15) is 5.52 Å². The number of aromatic nitrogens is 5. The van der Waals surface area contributed by atoms with E-state index < -0.39 is 0 Å².